The van der Waals surface area contributed by atoms with Gasteiger partial charge in [0.15, 0.2) is 0 Å². The molecule has 1 aliphatic heterocycles. The number of carbonyl (C=O) groups is 2. The molecule has 136 valence electrons. The maximum atomic E-state index is 12.3. The van der Waals surface area contributed by atoms with Crippen LogP contribution in [0.4, 0.5) is 16.2 Å². The minimum atomic E-state index is -0.324. The highest BCUT2D eigenvalue weighted by molar-refractivity contribution is 5.97. The smallest absolute Gasteiger partial charge is 0.319 e. The van der Waals surface area contributed by atoms with Crippen molar-refractivity contribution in [2.75, 3.05) is 23.9 Å². The molecule has 0 aliphatic carbocycles. The third kappa shape index (κ3) is 3.96. The minimum absolute atomic E-state index is 0.0167. The Morgan fingerprint density at radius 3 is 2.50 bits per heavy atom. The number of nitrogens with one attached hydrogen (secondary N) is 2. The molecule has 26 heavy (non-hydrogen) atoms. The molecule has 0 saturated carbocycles. The number of nitrogens with zero attached hydrogens (tertiary/aromatic N) is 1. The number of benzene rings is 2. The van der Waals surface area contributed by atoms with Crippen molar-refractivity contribution < 1.29 is 14.3 Å². The summed E-state index contributed by atoms with van der Waals surface area (Å²) in [7, 11) is 1.59. The van der Waals surface area contributed by atoms with Gasteiger partial charge in [0.25, 0.3) is 0 Å². The van der Waals surface area contributed by atoms with Gasteiger partial charge in [-0.2, -0.15) is 0 Å². The molecular formula is C20H23N3O3. The van der Waals surface area contributed by atoms with E-state index in [-0.39, 0.29) is 18.0 Å². The van der Waals surface area contributed by atoms with Crippen LogP contribution in [0, 0.1) is 13.8 Å². The van der Waals surface area contributed by atoms with Crippen LogP contribution in [0.2, 0.25) is 0 Å². The first-order valence-corrected chi connectivity index (χ1v) is 8.55. The van der Waals surface area contributed by atoms with Gasteiger partial charge in [0.1, 0.15) is 5.75 Å². The van der Waals surface area contributed by atoms with Gasteiger partial charge in [0.2, 0.25) is 5.91 Å². The van der Waals surface area contributed by atoms with Gasteiger partial charge >= 0.3 is 6.03 Å². The zero-order chi connectivity index (χ0) is 18.7. The molecule has 0 aromatic heterocycles. The number of hydrogen-bond acceptors (Lipinski definition) is 3. The highest BCUT2D eigenvalue weighted by atomic mass is 16.5. The molecule has 6 heteroatoms. The summed E-state index contributed by atoms with van der Waals surface area (Å²) in [6.07, 6.45) is 0.295. The number of urea groups is 1. The van der Waals surface area contributed by atoms with E-state index in [1.165, 1.54) is 5.56 Å². The number of hydrogen-bond donors (Lipinski definition) is 2. The molecule has 1 atom stereocenters. The zero-order valence-corrected chi connectivity index (χ0v) is 15.2. The summed E-state index contributed by atoms with van der Waals surface area (Å²) >= 11 is 0. The fraction of sp³-hybridized carbons (Fsp3) is 0.300. The number of ether oxygens (including phenoxy) is 1. The van der Waals surface area contributed by atoms with E-state index in [0.717, 1.165) is 17.0 Å². The highest BCUT2D eigenvalue weighted by Gasteiger charge is 2.31. The molecule has 0 bridgehead atoms. The number of anilines is 2. The highest BCUT2D eigenvalue weighted by Crippen LogP contribution is 2.24. The average Bonchev–Trinajstić information content (AvgIpc) is 2.98. The minimum Gasteiger partial charge on any atom is -0.497 e. The van der Waals surface area contributed by atoms with Crippen molar-refractivity contribution in [1.29, 1.82) is 0 Å². The molecule has 2 aromatic carbocycles. The van der Waals surface area contributed by atoms with Gasteiger partial charge in [-0.3, -0.25) is 4.79 Å². The predicted octanol–water partition coefficient (Wildman–Crippen LogP) is 3.24. The van der Waals surface area contributed by atoms with Crippen LogP contribution in [-0.2, 0) is 4.79 Å². The van der Waals surface area contributed by atoms with Crippen molar-refractivity contribution in [1.82, 2.24) is 5.32 Å². The number of aryl methyl sites for hydroxylation is 2. The van der Waals surface area contributed by atoms with Crippen LogP contribution in [-0.4, -0.2) is 31.6 Å². The summed E-state index contributed by atoms with van der Waals surface area (Å²) in [5.41, 5.74) is 3.87. The van der Waals surface area contributed by atoms with Gasteiger partial charge in [-0.25, -0.2) is 4.79 Å². The Hall–Kier alpha value is -3.02. The predicted molar refractivity (Wildman–Crippen MR) is 102 cm³/mol. The van der Waals surface area contributed by atoms with Crippen LogP contribution in [0.5, 0.6) is 5.75 Å². The summed E-state index contributed by atoms with van der Waals surface area (Å²) in [6.45, 7) is 4.54. The van der Waals surface area contributed by atoms with Crippen molar-refractivity contribution in [2.24, 2.45) is 0 Å². The number of methoxy groups -OCH3 is 1. The standard InChI is InChI=1S/C20H23N3O3/c1-13-4-7-17(10-14(13)2)23-12-16(11-19(23)24)22-20(25)21-15-5-8-18(26-3)9-6-15/h4-10,16H,11-12H2,1-3H3,(H2,21,22,25)/t16-/m1/s1. The van der Waals surface area contributed by atoms with Gasteiger partial charge in [-0.1, -0.05) is 6.07 Å². The van der Waals surface area contributed by atoms with Crippen LogP contribution in [0.15, 0.2) is 42.5 Å². The Morgan fingerprint density at radius 2 is 1.85 bits per heavy atom. The van der Waals surface area contributed by atoms with Crippen molar-refractivity contribution in [3.8, 4) is 5.75 Å². The maximum Gasteiger partial charge on any atom is 0.319 e. The lowest BCUT2D eigenvalue weighted by atomic mass is 10.1. The molecule has 3 amide bonds. The molecule has 3 rings (SSSR count). The van der Waals surface area contributed by atoms with Crippen LogP contribution >= 0.6 is 0 Å². The van der Waals surface area contributed by atoms with Crippen LogP contribution < -0.4 is 20.3 Å². The SMILES string of the molecule is COc1ccc(NC(=O)N[C@@H]2CC(=O)N(c3ccc(C)c(C)c3)C2)cc1. The first-order valence-electron chi connectivity index (χ1n) is 8.55. The van der Waals surface area contributed by atoms with E-state index in [1.54, 1.807) is 36.3 Å². The molecule has 0 unspecified atom stereocenters. The quantitative estimate of drug-likeness (QED) is 0.886. The van der Waals surface area contributed by atoms with Crippen molar-refractivity contribution >= 4 is 23.3 Å². The lowest BCUT2D eigenvalue weighted by molar-refractivity contribution is -0.117. The number of carbonyl (C=O) groups excluding carboxylic acids is 2. The average molecular weight is 353 g/mol. The van der Waals surface area contributed by atoms with Crippen molar-refractivity contribution in [3.63, 3.8) is 0 Å². The second kappa shape index (κ2) is 7.47. The second-order valence-corrected chi connectivity index (χ2v) is 6.50. The molecule has 0 spiro atoms. The Balaban J connectivity index is 1.59. The van der Waals surface area contributed by atoms with Gasteiger partial charge in [0.05, 0.1) is 13.2 Å². The van der Waals surface area contributed by atoms with E-state index in [1.807, 2.05) is 32.0 Å². The van der Waals surface area contributed by atoms with Gasteiger partial charge in [0, 0.05) is 24.3 Å². The molecular weight excluding hydrogens is 330 g/mol. The summed E-state index contributed by atoms with van der Waals surface area (Å²) in [5, 5.41) is 5.64. The van der Waals surface area contributed by atoms with Gasteiger partial charge in [-0.05, 0) is 61.4 Å². The molecule has 0 radical (unpaired) electrons. The van der Waals surface area contributed by atoms with Crippen LogP contribution in [0.1, 0.15) is 17.5 Å². The van der Waals surface area contributed by atoms with Gasteiger partial charge in [-0.15, -0.1) is 0 Å². The Morgan fingerprint density at radius 1 is 1.12 bits per heavy atom. The summed E-state index contributed by atoms with van der Waals surface area (Å²) in [6, 6.07) is 12.5. The monoisotopic (exact) mass is 353 g/mol. The molecule has 1 saturated heterocycles. The van der Waals surface area contributed by atoms with E-state index >= 15 is 0 Å². The fourth-order valence-corrected chi connectivity index (χ4v) is 2.97. The Kier molecular flexibility index (Phi) is 5.11. The van der Waals surface area contributed by atoms with Crippen molar-refractivity contribution in [3.05, 3.63) is 53.6 Å². The van der Waals surface area contributed by atoms with E-state index in [2.05, 4.69) is 10.6 Å². The molecule has 1 heterocycles. The Bertz CT molecular complexity index is 818. The topological polar surface area (TPSA) is 70.7 Å². The second-order valence-electron chi connectivity index (χ2n) is 6.50. The fourth-order valence-electron chi connectivity index (χ4n) is 2.97. The van der Waals surface area contributed by atoms with Crippen molar-refractivity contribution in [2.45, 2.75) is 26.3 Å². The van der Waals surface area contributed by atoms with E-state index in [9.17, 15) is 9.59 Å². The third-order valence-corrected chi connectivity index (χ3v) is 4.61. The van der Waals surface area contributed by atoms with E-state index in [4.69, 9.17) is 4.74 Å². The lowest BCUT2D eigenvalue weighted by Crippen LogP contribution is -2.39. The molecule has 2 aromatic rings. The zero-order valence-electron chi connectivity index (χ0n) is 15.2. The normalized spacial score (nSPS) is 16.5. The molecule has 2 N–H and O–H groups in total. The Labute approximate surface area is 153 Å². The third-order valence-electron chi connectivity index (χ3n) is 4.61. The number of rotatable bonds is 4. The first-order chi connectivity index (χ1) is 12.5. The number of amides is 3. The summed E-state index contributed by atoms with van der Waals surface area (Å²) in [4.78, 5) is 26.2. The van der Waals surface area contributed by atoms with Crippen LogP contribution in [0.25, 0.3) is 0 Å². The maximum absolute atomic E-state index is 12.3. The largest absolute Gasteiger partial charge is 0.497 e. The van der Waals surface area contributed by atoms with E-state index < -0.39 is 0 Å². The molecule has 1 fully saturated rings. The summed E-state index contributed by atoms with van der Waals surface area (Å²) < 4.78 is 5.09. The first kappa shape index (κ1) is 17.8. The van der Waals surface area contributed by atoms with E-state index in [0.29, 0.717) is 18.7 Å². The van der Waals surface area contributed by atoms with Gasteiger partial charge < -0.3 is 20.3 Å². The molecule has 6 nitrogen and oxygen atoms in total. The lowest BCUT2D eigenvalue weighted by Gasteiger charge is -2.18. The molecule has 1 aliphatic rings. The summed E-state index contributed by atoms with van der Waals surface area (Å²) in [5.74, 6) is 0.740. The van der Waals surface area contributed by atoms with Crippen LogP contribution in [0.3, 0.4) is 0 Å².